The van der Waals surface area contributed by atoms with Crippen LogP contribution in [0.15, 0.2) is 79.9 Å². The second kappa shape index (κ2) is 13.4. The number of nitrogens with one attached hydrogen (secondary N) is 4. The summed E-state index contributed by atoms with van der Waals surface area (Å²) in [5.41, 5.74) is 2.32. The Labute approximate surface area is 199 Å². The average Bonchev–Trinajstić information content (AvgIpc) is 3.48. The number of guanidine groups is 2. The summed E-state index contributed by atoms with van der Waals surface area (Å²) in [4.78, 5) is 8.49. The van der Waals surface area contributed by atoms with Crippen molar-refractivity contribution in [1.82, 2.24) is 21.3 Å². The van der Waals surface area contributed by atoms with Crippen LogP contribution in [0.1, 0.15) is 22.6 Å². The molecule has 0 saturated heterocycles. The van der Waals surface area contributed by atoms with Crippen molar-refractivity contribution >= 4 is 35.9 Å². The van der Waals surface area contributed by atoms with Gasteiger partial charge in [0, 0.05) is 27.2 Å². The Bertz CT molecular complexity index is 865. The molecule has 0 saturated carbocycles. The van der Waals surface area contributed by atoms with Gasteiger partial charge in [-0.05, 0) is 35.4 Å². The second-order valence-corrected chi connectivity index (χ2v) is 6.54. The molecule has 1 aromatic carbocycles. The van der Waals surface area contributed by atoms with Crippen LogP contribution in [0.2, 0.25) is 0 Å². The Morgan fingerprint density at radius 1 is 0.677 bits per heavy atom. The molecular formula is C22H29IN6O2. The van der Waals surface area contributed by atoms with Crippen LogP contribution < -0.4 is 21.3 Å². The van der Waals surface area contributed by atoms with Crippen molar-refractivity contribution in [1.29, 1.82) is 0 Å². The zero-order valence-corrected chi connectivity index (χ0v) is 20.1. The molecule has 9 heteroatoms. The van der Waals surface area contributed by atoms with Gasteiger partial charge in [-0.3, -0.25) is 9.98 Å². The van der Waals surface area contributed by atoms with E-state index >= 15 is 0 Å². The van der Waals surface area contributed by atoms with Crippen molar-refractivity contribution in [2.24, 2.45) is 9.98 Å². The minimum atomic E-state index is 0. The smallest absolute Gasteiger partial charge is 0.191 e. The van der Waals surface area contributed by atoms with E-state index in [1.165, 1.54) is 0 Å². The minimum absolute atomic E-state index is 0. The topological polar surface area (TPSA) is 99.1 Å². The molecule has 0 atom stereocenters. The van der Waals surface area contributed by atoms with Crippen molar-refractivity contribution in [2.45, 2.75) is 26.2 Å². The lowest BCUT2D eigenvalue weighted by atomic mass is 10.1. The first kappa shape index (κ1) is 24.3. The van der Waals surface area contributed by atoms with Gasteiger partial charge in [-0.2, -0.15) is 0 Å². The van der Waals surface area contributed by atoms with Crippen molar-refractivity contribution in [3.8, 4) is 0 Å². The van der Waals surface area contributed by atoms with Crippen LogP contribution in [0, 0.1) is 0 Å². The van der Waals surface area contributed by atoms with Crippen molar-refractivity contribution < 1.29 is 8.83 Å². The van der Waals surface area contributed by atoms with Crippen LogP contribution in [-0.4, -0.2) is 26.0 Å². The molecule has 31 heavy (non-hydrogen) atoms. The molecule has 3 aromatic rings. The van der Waals surface area contributed by atoms with Crippen molar-refractivity contribution in [3.05, 3.63) is 83.7 Å². The van der Waals surface area contributed by atoms with E-state index in [4.69, 9.17) is 8.83 Å². The zero-order valence-electron chi connectivity index (χ0n) is 17.7. The largest absolute Gasteiger partial charge is 0.467 e. The molecule has 0 aliphatic rings. The Hall–Kier alpha value is -2.95. The quantitative estimate of drug-likeness (QED) is 0.201. The summed E-state index contributed by atoms with van der Waals surface area (Å²) in [5, 5.41) is 13.1. The molecule has 0 aliphatic heterocycles. The Kier molecular flexibility index (Phi) is 10.5. The highest BCUT2D eigenvalue weighted by Crippen LogP contribution is 2.05. The first-order valence-electron chi connectivity index (χ1n) is 9.78. The third-order valence-corrected chi connectivity index (χ3v) is 4.38. The molecule has 8 nitrogen and oxygen atoms in total. The van der Waals surface area contributed by atoms with Crippen LogP contribution in [0.25, 0.3) is 0 Å². The van der Waals surface area contributed by atoms with Gasteiger partial charge in [0.15, 0.2) is 11.9 Å². The lowest BCUT2D eigenvalue weighted by Crippen LogP contribution is -2.36. The summed E-state index contributed by atoms with van der Waals surface area (Å²) in [6.45, 7) is 2.50. The molecule has 3 rings (SSSR count). The number of halogens is 1. The zero-order chi connectivity index (χ0) is 21.0. The fraction of sp³-hybridized carbons (Fsp3) is 0.273. The lowest BCUT2D eigenvalue weighted by molar-refractivity contribution is 0.501. The number of benzene rings is 1. The number of rotatable bonds is 8. The number of aliphatic imine (C=N–C) groups is 2. The van der Waals surface area contributed by atoms with Crippen LogP contribution in [-0.2, 0) is 26.2 Å². The fourth-order valence-electron chi connectivity index (χ4n) is 2.83. The van der Waals surface area contributed by atoms with Gasteiger partial charge in [-0.1, -0.05) is 24.3 Å². The van der Waals surface area contributed by atoms with Gasteiger partial charge in [-0.15, -0.1) is 24.0 Å². The molecule has 0 bridgehead atoms. The number of hydrogen-bond acceptors (Lipinski definition) is 4. The Morgan fingerprint density at radius 3 is 1.52 bits per heavy atom. The van der Waals surface area contributed by atoms with Crippen molar-refractivity contribution in [3.63, 3.8) is 0 Å². The highest BCUT2D eigenvalue weighted by atomic mass is 127. The second-order valence-electron chi connectivity index (χ2n) is 6.54. The number of nitrogens with zero attached hydrogens (tertiary/aromatic N) is 2. The number of hydrogen-bond donors (Lipinski definition) is 4. The van der Waals surface area contributed by atoms with Gasteiger partial charge in [0.05, 0.1) is 25.6 Å². The fourth-order valence-corrected chi connectivity index (χ4v) is 2.83. The van der Waals surface area contributed by atoms with E-state index in [2.05, 4.69) is 49.5 Å². The van der Waals surface area contributed by atoms with E-state index in [1.807, 2.05) is 30.3 Å². The summed E-state index contributed by atoms with van der Waals surface area (Å²) in [5.74, 6) is 3.16. The van der Waals surface area contributed by atoms with Crippen LogP contribution in [0.3, 0.4) is 0 Å². The standard InChI is InChI=1S/C22H28N6O2.HI/c1-23-21(27-15-19-8-4-10-29-19)25-13-17-6-3-7-18(12-17)14-26-22(24-2)28-16-20-9-5-11-30-20;/h3-12H,13-16H2,1-2H3,(H2,23,25,27)(H2,24,26,28);1H. The van der Waals surface area contributed by atoms with Gasteiger partial charge >= 0.3 is 0 Å². The molecular weight excluding hydrogens is 507 g/mol. The average molecular weight is 536 g/mol. The highest BCUT2D eigenvalue weighted by molar-refractivity contribution is 14.0. The summed E-state index contributed by atoms with van der Waals surface area (Å²) in [6, 6.07) is 16.0. The SMILES string of the molecule is CN=C(NCc1cccc(CNC(=NC)NCc2ccco2)c1)NCc1ccco1.I. The molecule has 0 aliphatic carbocycles. The Morgan fingerprint density at radius 2 is 1.13 bits per heavy atom. The first-order valence-corrected chi connectivity index (χ1v) is 9.78. The lowest BCUT2D eigenvalue weighted by Gasteiger charge is -2.13. The van der Waals surface area contributed by atoms with Gasteiger partial charge < -0.3 is 30.1 Å². The predicted molar refractivity (Wildman–Crippen MR) is 133 cm³/mol. The monoisotopic (exact) mass is 536 g/mol. The Balaban J connectivity index is 0.00000341. The summed E-state index contributed by atoms with van der Waals surface area (Å²) in [7, 11) is 3.50. The maximum atomic E-state index is 5.33. The van der Waals surface area contributed by atoms with Gasteiger partial charge in [-0.25, -0.2) is 0 Å². The third-order valence-electron chi connectivity index (χ3n) is 4.38. The van der Waals surface area contributed by atoms with E-state index in [9.17, 15) is 0 Å². The van der Waals surface area contributed by atoms with E-state index in [1.54, 1.807) is 26.6 Å². The predicted octanol–water partition coefficient (Wildman–Crippen LogP) is 3.22. The summed E-state index contributed by atoms with van der Waals surface area (Å²) < 4.78 is 10.7. The third kappa shape index (κ3) is 8.36. The van der Waals surface area contributed by atoms with Gasteiger partial charge in [0.1, 0.15) is 11.5 Å². The normalized spacial score (nSPS) is 11.5. The molecule has 0 amide bonds. The van der Waals surface area contributed by atoms with Gasteiger partial charge in [0.25, 0.3) is 0 Å². The van der Waals surface area contributed by atoms with Crippen molar-refractivity contribution in [2.75, 3.05) is 14.1 Å². The molecule has 0 fully saturated rings. The maximum Gasteiger partial charge on any atom is 0.191 e. The first-order chi connectivity index (χ1) is 14.8. The van der Waals surface area contributed by atoms with E-state index in [0.717, 1.165) is 34.6 Å². The molecule has 2 aromatic heterocycles. The van der Waals surface area contributed by atoms with Crippen LogP contribution >= 0.6 is 24.0 Å². The van der Waals surface area contributed by atoms with E-state index in [-0.39, 0.29) is 24.0 Å². The van der Waals surface area contributed by atoms with Crippen LogP contribution in [0.5, 0.6) is 0 Å². The molecule has 4 N–H and O–H groups in total. The number of furan rings is 2. The minimum Gasteiger partial charge on any atom is -0.467 e. The van der Waals surface area contributed by atoms with E-state index < -0.39 is 0 Å². The summed E-state index contributed by atoms with van der Waals surface area (Å²) in [6.07, 6.45) is 3.32. The maximum absolute atomic E-state index is 5.33. The highest BCUT2D eigenvalue weighted by Gasteiger charge is 2.03. The molecule has 0 spiro atoms. The molecule has 0 unspecified atom stereocenters. The van der Waals surface area contributed by atoms with Crippen LogP contribution in [0.4, 0.5) is 0 Å². The van der Waals surface area contributed by atoms with Gasteiger partial charge in [0.2, 0.25) is 0 Å². The van der Waals surface area contributed by atoms with E-state index in [0.29, 0.717) is 26.2 Å². The summed E-state index contributed by atoms with van der Waals surface area (Å²) >= 11 is 0. The molecule has 0 radical (unpaired) electrons. The molecule has 166 valence electrons. The molecule has 2 heterocycles.